The van der Waals surface area contributed by atoms with Gasteiger partial charge in [0, 0.05) is 12.7 Å². The first-order valence-corrected chi connectivity index (χ1v) is 6.85. The van der Waals surface area contributed by atoms with Gasteiger partial charge in [-0.3, -0.25) is 4.79 Å². The molecule has 0 bridgehead atoms. The highest BCUT2D eigenvalue weighted by molar-refractivity contribution is 5.93. The van der Waals surface area contributed by atoms with E-state index in [2.05, 4.69) is 5.32 Å². The first-order chi connectivity index (χ1) is 9.74. The molecule has 4 nitrogen and oxygen atoms in total. The van der Waals surface area contributed by atoms with Crippen molar-refractivity contribution in [2.24, 2.45) is 0 Å². The van der Waals surface area contributed by atoms with Crippen LogP contribution < -0.4 is 5.32 Å². The van der Waals surface area contributed by atoms with Crippen LogP contribution in [0.5, 0.6) is 0 Å². The van der Waals surface area contributed by atoms with Gasteiger partial charge in [-0.05, 0) is 24.1 Å². The van der Waals surface area contributed by atoms with Crippen molar-refractivity contribution in [1.82, 2.24) is 9.88 Å². The van der Waals surface area contributed by atoms with Crippen LogP contribution in [0.1, 0.15) is 29.4 Å². The summed E-state index contributed by atoms with van der Waals surface area (Å²) in [5.74, 6) is -0.146. The number of aliphatic hydroxyl groups is 1. The lowest BCUT2D eigenvalue weighted by atomic mass is 10.2. The van der Waals surface area contributed by atoms with Crippen LogP contribution in [0.25, 0.3) is 0 Å². The zero-order valence-electron chi connectivity index (χ0n) is 11.6. The Morgan fingerprint density at radius 1 is 1.25 bits per heavy atom. The van der Waals surface area contributed by atoms with E-state index in [4.69, 9.17) is 5.11 Å². The Balaban J connectivity index is 2.10. The first-order valence-electron chi connectivity index (χ1n) is 6.85. The van der Waals surface area contributed by atoms with E-state index in [0.717, 1.165) is 5.56 Å². The van der Waals surface area contributed by atoms with E-state index in [1.807, 2.05) is 54.1 Å². The minimum Gasteiger partial charge on any atom is -0.394 e. The van der Waals surface area contributed by atoms with E-state index in [0.29, 0.717) is 18.7 Å². The van der Waals surface area contributed by atoms with E-state index in [1.165, 1.54) is 0 Å². The molecule has 2 aromatic rings. The molecule has 1 heterocycles. The summed E-state index contributed by atoms with van der Waals surface area (Å²) in [6, 6.07) is 13.5. The maximum atomic E-state index is 12.2. The lowest BCUT2D eigenvalue weighted by Crippen LogP contribution is -2.37. The van der Waals surface area contributed by atoms with Crippen molar-refractivity contribution in [3.8, 4) is 0 Å². The first kappa shape index (κ1) is 14.3. The number of amides is 1. The fraction of sp³-hybridized carbons (Fsp3) is 0.312. The standard InChI is InChI=1S/C16H20N2O2/c1-2-14(12-19)17-16(20)15-9-6-10-18(15)11-13-7-4-3-5-8-13/h3-10,14,19H,2,11-12H2,1H3,(H,17,20)/t14-/m1/s1. The van der Waals surface area contributed by atoms with Gasteiger partial charge in [0.15, 0.2) is 0 Å². The van der Waals surface area contributed by atoms with Gasteiger partial charge in [-0.2, -0.15) is 0 Å². The minimum absolute atomic E-state index is 0.0400. The Kier molecular flexibility index (Phi) is 4.96. The number of rotatable bonds is 6. The summed E-state index contributed by atoms with van der Waals surface area (Å²) in [6.45, 7) is 2.55. The predicted octanol–water partition coefficient (Wildman–Crippen LogP) is 2.04. The molecule has 0 aliphatic rings. The van der Waals surface area contributed by atoms with Crippen molar-refractivity contribution in [1.29, 1.82) is 0 Å². The number of carbonyl (C=O) groups is 1. The van der Waals surface area contributed by atoms with Crippen LogP contribution >= 0.6 is 0 Å². The molecular formula is C16H20N2O2. The second-order valence-corrected chi connectivity index (χ2v) is 4.77. The van der Waals surface area contributed by atoms with Crippen molar-refractivity contribution in [3.63, 3.8) is 0 Å². The van der Waals surface area contributed by atoms with Crippen molar-refractivity contribution >= 4 is 5.91 Å². The molecular weight excluding hydrogens is 252 g/mol. The summed E-state index contributed by atoms with van der Waals surface area (Å²) >= 11 is 0. The highest BCUT2D eigenvalue weighted by Crippen LogP contribution is 2.08. The molecule has 0 saturated heterocycles. The van der Waals surface area contributed by atoms with E-state index in [9.17, 15) is 4.79 Å². The quantitative estimate of drug-likeness (QED) is 0.845. The van der Waals surface area contributed by atoms with Crippen LogP contribution in [0.2, 0.25) is 0 Å². The number of hydrogen-bond acceptors (Lipinski definition) is 2. The zero-order valence-corrected chi connectivity index (χ0v) is 11.6. The average Bonchev–Trinajstić information content (AvgIpc) is 2.94. The molecule has 2 N–H and O–H groups in total. The van der Waals surface area contributed by atoms with Gasteiger partial charge in [-0.15, -0.1) is 0 Å². The number of benzene rings is 1. The zero-order chi connectivity index (χ0) is 14.4. The fourth-order valence-electron chi connectivity index (χ4n) is 2.07. The van der Waals surface area contributed by atoms with Crippen LogP contribution in [0, 0.1) is 0 Å². The predicted molar refractivity (Wildman–Crippen MR) is 78.6 cm³/mol. The average molecular weight is 272 g/mol. The van der Waals surface area contributed by atoms with Crippen molar-refractivity contribution in [2.75, 3.05) is 6.61 Å². The summed E-state index contributed by atoms with van der Waals surface area (Å²) in [6.07, 6.45) is 2.60. The molecule has 4 heteroatoms. The molecule has 1 amide bonds. The molecule has 0 radical (unpaired) electrons. The topological polar surface area (TPSA) is 54.3 Å². The molecule has 1 aromatic carbocycles. The Hall–Kier alpha value is -2.07. The third-order valence-electron chi connectivity index (χ3n) is 3.31. The van der Waals surface area contributed by atoms with Crippen molar-refractivity contribution in [3.05, 3.63) is 59.9 Å². The van der Waals surface area contributed by atoms with E-state index < -0.39 is 0 Å². The van der Waals surface area contributed by atoms with E-state index >= 15 is 0 Å². The molecule has 0 aliphatic heterocycles. The molecule has 106 valence electrons. The fourth-order valence-corrected chi connectivity index (χ4v) is 2.07. The summed E-state index contributed by atoms with van der Waals surface area (Å²) < 4.78 is 1.91. The minimum atomic E-state index is -0.192. The molecule has 0 fully saturated rings. The van der Waals surface area contributed by atoms with E-state index in [-0.39, 0.29) is 18.6 Å². The molecule has 20 heavy (non-hydrogen) atoms. The Morgan fingerprint density at radius 3 is 2.65 bits per heavy atom. The van der Waals surface area contributed by atoms with Gasteiger partial charge in [0.05, 0.1) is 12.6 Å². The van der Waals surface area contributed by atoms with Crippen molar-refractivity contribution < 1.29 is 9.90 Å². The van der Waals surface area contributed by atoms with Crippen LogP contribution in [0.15, 0.2) is 48.7 Å². The van der Waals surface area contributed by atoms with Gasteiger partial charge >= 0.3 is 0 Å². The van der Waals surface area contributed by atoms with Crippen LogP contribution in [0.3, 0.4) is 0 Å². The Bertz CT molecular complexity index is 545. The van der Waals surface area contributed by atoms with Crippen LogP contribution in [-0.4, -0.2) is 28.2 Å². The second-order valence-electron chi connectivity index (χ2n) is 4.77. The van der Waals surface area contributed by atoms with Gasteiger partial charge in [0.2, 0.25) is 0 Å². The van der Waals surface area contributed by atoms with Crippen LogP contribution in [0.4, 0.5) is 0 Å². The number of nitrogens with one attached hydrogen (secondary N) is 1. The lowest BCUT2D eigenvalue weighted by molar-refractivity contribution is 0.0906. The molecule has 2 rings (SSSR count). The third kappa shape index (κ3) is 3.48. The van der Waals surface area contributed by atoms with Gasteiger partial charge in [0.25, 0.3) is 5.91 Å². The number of nitrogens with zero attached hydrogens (tertiary/aromatic N) is 1. The third-order valence-corrected chi connectivity index (χ3v) is 3.31. The monoisotopic (exact) mass is 272 g/mol. The van der Waals surface area contributed by atoms with Crippen molar-refractivity contribution in [2.45, 2.75) is 25.9 Å². The molecule has 1 atom stereocenters. The largest absolute Gasteiger partial charge is 0.394 e. The van der Waals surface area contributed by atoms with Gasteiger partial charge in [-0.25, -0.2) is 0 Å². The molecule has 0 saturated carbocycles. The number of carbonyl (C=O) groups excluding carboxylic acids is 1. The maximum Gasteiger partial charge on any atom is 0.268 e. The summed E-state index contributed by atoms with van der Waals surface area (Å²) in [5.41, 5.74) is 1.76. The van der Waals surface area contributed by atoms with Crippen LogP contribution in [-0.2, 0) is 6.54 Å². The summed E-state index contributed by atoms with van der Waals surface area (Å²) in [7, 11) is 0. The number of aliphatic hydroxyl groups excluding tert-OH is 1. The SMILES string of the molecule is CC[C@H](CO)NC(=O)c1cccn1Cc1ccccc1. The second kappa shape index (κ2) is 6.91. The van der Waals surface area contributed by atoms with Gasteiger partial charge in [0.1, 0.15) is 5.69 Å². The molecule has 0 aliphatic carbocycles. The number of aromatic nitrogens is 1. The molecule has 1 aromatic heterocycles. The van der Waals surface area contributed by atoms with E-state index in [1.54, 1.807) is 6.07 Å². The lowest BCUT2D eigenvalue weighted by Gasteiger charge is -2.15. The Morgan fingerprint density at radius 2 is 2.00 bits per heavy atom. The highest BCUT2D eigenvalue weighted by Gasteiger charge is 2.14. The Labute approximate surface area is 119 Å². The normalized spacial score (nSPS) is 12.1. The maximum absolute atomic E-state index is 12.2. The smallest absolute Gasteiger partial charge is 0.268 e. The highest BCUT2D eigenvalue weighted by atomic mass is 16.3. The summed E-state index contributed by atoms with van der Waals surface area (Å²) in [4.78, 5) is 12.2. The van der Waals surface area contributed by atoms with Gasteiger partial charge in [-0.1, -0.05) is 37.3 Å². The molecule has 0 spiro atoms. The number of hydrogen-bond donors (Lipinski definition) is 2. The molecule has 0 unspecified atom stereocenters. The summed E-state index contributed by atoms with van der Waals surface area (Å²) in [5, 5.41) is 12.0. The van der Waals surface area contributed by atoms with Gasteiger partial charge < -0.3 is 15.0 Å².